The van der Waals surface area contributed by atoms with Crippen molar-refractivity contribution in [3.63, 3.8) is 0 Å². The normalized spacial score (nSPS) is 10.5. The van der Waals surface area contributed by atoms with Crippen LogP contribution in [0.25, 0.3) is 11.0 Å². The molecule has 1 heterocycles. The summed E-state index contributed by atoms with van der Waals surface area (Å²) >= 11 is 0. The smallest absolute Gasteiger partial charge is 0.374 e. The van der Waals surface area contributed by atoms with E-state index in [1.54, 1.807) is 6.07 Å². The number of rotatable bonds is 2. The second-order valence-corrected chi connectivity index (χ2v) is 4.17. The Bertz CT molecular complexity index is 666. The van der Waals surface area contributed by atoms with Crippen molar-refractivity contribution >= 4 is 22.9 Å². The first-order valence-corrected chi connectivity index (χ1v) is 5.70. The molecule has 0 aliphatic rings. The monoisotopic (exact) mass is 262 g/mol. The zero-order valence-corrected chi connectivity index (χ0v) is 11.2. The third-order valence-electron chi connectivity index (χ3n) is 3.15. The Morgan fingerprint density at radius 1 is 1.05 bits per heavy atom. The Labute approximate surface area is 110 Å². The Hall–Kier alpha value is -2.30. The average Bonchev–Trinajstić information content (AvgIpc) is 2.81. The van der Waals surface area contributed by atoms with E-state index in [1.165, 1.54) is 14.2 Å². The minimum absolute atomic E-state index is 0.116. The largest absolute Gasteiger partial charge is 0.465 e. The molecule has 5 nitrogen and oxygen atoms in total. The van der Waals surface area contributed by atoms with Gasteiger partial charge in [-0.25, -0.2) is 9.59 Å². The van der Waals surface area contributed by atoms with Gasteiger partial charge in [-0.1, -0.05) is 6.07 Å². The standard InChI is InChI=1S/C14H14O5/c1-7-5-6-9-10(8(7)2)11(13(15)17-3)12(19-9)14(16)18-4/h5-6H,1-4H3. The van der Waals surface area contributed by atoms with E-state index in [-0.39, 0.29) is 11.3 Å². The van der Waals surface area contributed by atoms with Crippen molar-refractivity contribution in [3.8, 4) is 0 Å². The van der Waals surface area contributed by atoms with Crippen molar-refractivity contribution in [1.82, 2.24) is 0 Å². The predicted molar refractivity (Wildman–Crippen MR) is 68.4 cm³/mol. The van der Waals surface area contributed by atoms with Gasteiger partial charge in [0.15, 0.2) is 0 Å². The van der Waals surface area contributed by atoms with Gasteiger partial charge in [-0.2, -0.15) is 0 Å². The highest BCUT2D eigenvalue weighted by Crippen LogP contribution is 2.31. The SMILES string of the molecule is COC(=O)c1oc2ccc(C)c(C)c2c1C(=O)OC. The van der Waals surface area contributed by atoms with E-state index >= 15 is 0 Å². The average molecular weight is 262 g/mol. The number of carbonyl (C=O) groups excluding carboxylic acids is 2. The molecule has 0 aliphatic heterocycles. The quantitative estimate of drug-likeness (QED) is 0.778. The second-order valence-electron chi connectivity index (χ2n) is 4.17. The Morgan fingerprint density at radius 3 is 2.26 bits per heavy atom. The molecule has 0 unspecified atom stereocenters. The summed E-state index contributed by atoms with van der Waals surface area (Å²) in [5.74, 6) is -1.44. The van der Waals surface area contributed by atoms with E-state index in [1.807, 2.05) is 19.9 Å². The fraction of sp³-hybridized carbons (Fsp3) is 0.286. The summed E-state index contributed by atoms with van der Waals surface area (Å²) in [5.41, 5.74) is 2.45. The van der Waals surface area contributed by atoms with Crippen LogP contribution in [0.15, 0.2) is 16.5 Å². The lowest BCUT2D eigenvalue weighted by atomic mass is 10.0. The van der Waals surface area contributed by atoms with Crippen molar-refractivity contribution in [1.29, 1.82) is 0 Å². The molecule has 0 N–H and O–H groups in total. The van der Waals surface area contributed by atoms with E-state index in [2.05, 4.69) is 4.74 Å². The van der Waals surface area contributed by atoms with Crippen LogP contribution in [0.1, 0.15) is 32.0 Å². The maximum Gasteiger partial charge on any atom is 0.374 e. The number of methoxy groups -OCH3 is 2. The highest BCUT2D eigenvalue weighted by molar-refractivity contribution is 6.12. The Balaban J connectivity index is 2.87. The van der Waals surface area contributed by atoms with Crippen LogP contribution in [0, 0.1) is 13.8 Å². The van der Waals surface area contributed by atoms with Gasteiger partial charge in [-0.15, -0.1) is 0 Å². The number of benzene rings is 1. The van der Waals surface area contributed by atoms with Crippen LogP contribution in [0.3, 0.4) is 0 Å². The van der Waals surface area contributed by atoms with Crippen LogP contribution in [-0.2, 0) is 9.47 Å². The molecule has 100 valence electrons. The number of esters is 2. The first-order chi connectivity index (χ1) is 9.01. The van der Waals surface area contributed by atoms with E-state index in [0.29, 0.717) is 11.0 Å². The summed E-state index contributed by atoms with van der Waals surface area (Å²) in [6.07, 6.45) is 0. The van der Waals surface area contributed by atoms with E-state index < -0.39 is 11.9 Å². The number of hydrogen-bond acceptors (Lipinski definition) is 5. The van der Waals surface area contributed by atoms with Crippen LogP contribution >= 0.6 is 0 Å². The Kier molecular flexibility index (Phi) is 3.29. The van der Waals surface area contributed by atoms with Gasteiger partial charge in [0.2, 0.25) is 5.76 Å². The highest BCUT2D eigenvalue weighted by Gasteiger charge is 2.28. The first-order valence-electron chi connectivity index (χ1n) is 5.70. The molecule has 0 saturated heterocycles. The Morgan fingerprint density at radius 2 is 1.68 bits per heavy atom. The van der Waals surface area contributed by atoms with Crippen LogP contribution in [0.2, 0.25) is 0 Å². The number of aryl methyl sites for hydroxylation is 2. The molecule has 0 spiro atoms. The third kappa shape index (κ3) is 1.97. The van der Waals surface area contributed by atoms with Gasteiger partial charge in [-0.3, -0.25) is 0 Å². The van der Waals surface area contributed by atoms with Crippen molar-refractivity contribution in [3.05, 3.63) is 34.6 Å². The van der Waals surface area contributed by atoms with E-state index in [9.17, 15) is 9.59 Å². The topological polar surface area (TPSA) is 65.7 Å². The molecule has 1 aromatic heterocycles. The molecule has 0 amide bonds. The lowest BCUT2D eigenvalue weighted by Gasteiger charge is -2.03. The van der Waals surface area contributed by atoms with Gasteiger partial charge < -0.3 is 13.9 Å². The summed E-state index contributed by atoms with van der Waals surface area (Å²) in [7, 11) is 2.49. The van der Waals surface area contributed by atoms with Crippen molar-refractivity contribution in [2.24, 2.45) is 0 Å². The van der Waals surface area contributed by atoms with Crippen LogP contribution in [0.5, 0.6) is 0 Å². The van der Waals surface area contributed by atoms with Gasteiger partial charge >= 0.3 is 11.9 Å². The zero-order valence-electron chi connectivity index (χ0n) is 11.2. The van der Waals surface area contributed by atoms with Crippen LogP contribution in [-0.4, -0.2) is 26.2 Å². The minimum atomic E-state index is -0.700. The minimum Gasteiger partial charge on any atom is -0.465 e. The number of furan rings is 1. The van der Waals surface area contributed by atoms with Gasteiger partial charge in [0.1, 0.15) is 11.1 Å². The molecule has 0 bridgehead atoms. The van der Waals surface area contributed by atoms with E-state index in [4.69, 9.17) is 9.15 Å². The summed E-state index contributed by atoms with van der Waals surface area (Å²) in [6.45, 7) is 3.78. The third-order valence-corrected chi connectivity index (χ3v) is 3.15. The molecule has 5 heteroatoms. The number of fused-ring (bicyclic) bond motifs is 1. The number of ether oxygens (including phenoxy) is 2. The predicted octanol–water partition coefficient (Wildman–Crippen LogP) is 2.62. The summed E-state index contributed by atoms with van der Waals surface area (Å²) in [5, 5.41) is 0.590. The van der Waals surface area contributed by atoms with Crippen molar-refractivity contribution in [2.45, 2.75) is 13.8 Å². The summed E-state index contributed by atoms with van der Waals surface area (Å²) in [6, 6.07) is 3.58. The maximum atomic E-state index is 11.9. The molecule has 2 rings (SSSR count). The first kappa shape index (κ1) is 13.1. The van der Waals surface area contributed by atoms with Gasteiger partial charge in [0.05, 0.1) is 14.2 Å². The molecule has 0 atom stereocenters. The molecule has 0 radical (unpaired) electrons. The molecule has 0 aliphatic carbocycles. The highest BCUT2D eigenvalue weighted by atomic mass is 16.5. The summed E-state index contributed by atoms with van der Waals surface area (Å²) < 4.78 is 14.8. The van der Waals surface area contributed by atoms with Crippen LogP contribution in [0.4, 0.5) is 0 Å². The number of carbonyl (C=O) groups is 2. The molecule has 2 aromatic rings. The number of hydrogen-bond donors (Lipinski definition) is 0. The second kappa shape index (κ2) is 4.76. The lowest BCUT2D eigenvalue weighted by Crippen LogP contribution is -2.09. The van der Waals surface area contributed by atoms with Crippen LogP contribution < -0.4 is 0 Å². The molecule has 0 fully saturated rings. The van der Waals surface area contributed by atoms with E-state index in [0.717, 1.165) is 11.1 Å². The summed E-state index contributed by atoms with van der Waals surface area (Å²) in [4.78, 5) is 23.6. The maximum absolute atomic E-state index is 11.9. The fourth-order valence-electron chi connectivity index (χ4n) is 1.99. The van der Waals surface area contributed by atoms with Gasteiger partial charge in [0.25, 0.3) is 0 Å². The molecular formula is C14H14O5. The van der Waals surface area contributed by atoms with Crippen molar-refractivity contribution in [2.75, 3.05) is 14.2 Å². The zero-order chi connectivity index (χ0) is 14.2. The molecular weight excluding hydrogens is 248 g/mol. The van der Waals surface area contributed by atoms with Gasteiger partial charge in [-0.05, 0) is 31.0 Å². The fourth-order valence-corrected chi connectivity index (χ4v) is 1.99. The molecule has 19 heavy (non-hydrogen) atoms. The van der Waals surface area contributed by atoms with Crippen molar-refractivity contribution < 1.29 is 23.5 Å². The lowest BCUT2D eigenvalue weighted by molar-refractivity contribution is 0.0531. The molecule has 1 aromatic carbocycles. The molecule has 0 saturated carbocycles. The van der Waals surface area contributed by atoms with Gasteiger partial charge in [0, 0.05) is 5.39 Å².